The smallest absolute Gasteiger partial charge is 0.261 e. The molecule has 1 heterocycles. The van der Waals surface area contributed by atoms with Crippen molar-refractivity contribution in [1.82, 2.24) is 4.90 Å². The van der Waals surface area contributed by atoms with E-state index >= 15 is 0 Å². The Morgan fingerprint density at radius 3 is 2.13 bits per heavy atom. The summed E-state index contributed by atoms with van der Waals surface area (Å²) >= 11 is 1.46. The van der Waals surface area contributed by atoms with Crippen LogP contribution in [0.1, 0.15) is 33.6 Å². The quantitative estimate of drug-likeness (QED) is 0.457. The number of nitrogens with zero attached hydrogens (tertiary/aromatic N) is 1. The molecule has 0 bridgehead atoms. The van der Waals surface area contributed by atoms with Gasteiger partial charge in [-0.1, -0.05) is 24.3 Å². The maximum absolute atomic E-state index is 13.5. The third-order valence-corrected chi connectivity index (χ3v) is 4.88. The van der Waals surface area contributed by atoms with E-state index in [1.54, 1.807) is 36.4 Å². The lowest BCUT2D eigenvalue weighted by Crippen LogP contribution is -2.30. The first-order valence-electron chi connectivity index (χ1n) is 7.51. The number of rotatable bonds is 6. The summed E-state index contributed by atoms with van der Waals surface area (Å²) in [7, 11) is 0. The SMILES string of the molecule is O=C1c2ccccc2C(=O)N1CCCCSc1ccccc1F. The lowest BCUT2D eigenvalue weighted by atomic mass is 10.1. The van der Waals surface area contributed by atoms with Crippen molar-refractivity contribution < 1.29 is 14.0 Å². The van der Waals surface area contributed by atoms with Gasteiger partial charge in [0.2, 0.25) is 0 Å². The minimum Gasteiger partial charge on any atom is -0.274 e. The predicted octanol–water partition coefficient (Wildman–Crippen LogP) is 3.99. The van der Waals surface area contributed by atoms with Crippen LogP contribution in [0.5, 0.6) is 0 Å². The monoisotopic (exact) mass is 329 g/mol. The number of fused-ring (bicyclic) bond motifs is 1. The third kappa shape index (κ3) is 3.29. The zero-order chi connectivity index (χ0) is 16.2. The Bertz CT molecular complexity index is 712. The molecule has 1 aliphatic rings. The number of hydrogen-bond acceptors (Lipinski definition) is 3. The first-order valence-corrected chi connectivity index (χ1v) is 8.49. The molecule has 23 heavy (non-hydrogen) atoms. The van der Waals surface area contributed by atoms with Crippen LogP contribution in [0.15, 0.2) is 53.4 Å². The first-order chi connectivity index (χ1) is 11.2. The fourth-order valence-electron chi connectivity index (χ4n) is 2.56. The second-order valence-corrected chi connectivity index (χ2v) is 6.43. The molecule has 1 aliphatic heterocycles. The van der Waals surface area contributed by atoms with Crippen molar-refractivity contribution in [3.05, 3.63) is 65.5 Å². The summed E-state index contributed by atoms with van der Waals surface area (Å²) in [4.78, 5) is 26.3. The lowest BCUT2D eigenvalue weighted by Gasteiger charge is -2.13. The van der Waals surface area contributed by atoms with Gasteiger partial charge in [-0.3, -0.25) is 14.5 Å². The molecule has 5 heteroatoms. The number of unbranched alkanes of at least 4 members (excludes halogenated alkanes) is 1. The molecule has 0 unspecified atom stereocenters. The third-order valence-electron chi connectivity index (χ3n) is 3.75. The van der Waals surface area contributed by atoms with Crippen molar-refractivity contribution in [3.63, 3.8) is 0 Å². The second kappa shape index (κ2) is 6.96. The highest BCUT2D eigenvalue weighted by Crippen LogP contribution is 2.24. The molecule has 0 aliphatic carbocycles. The van der Waals surface area contributed by atoms with Crippen LogP contribution in [-0.2, 0) is 0 Å². The summed E-state index contributed by atoms with van der Waals surface area (Å²) in [5.74, 6) is 0.113. The zero-order valence-electron chi connectivity index (χ0n) is 12.5. The predicted molar refractivity (Wildman–Crippen MR) is 88.2 cm³/mol. The van der Waals surface area contributed by atoms with Crippen molar-refractivity contribution in [2.75, 3.05) is 12.3 Å². The van der Waals surface area contributed by atoms with Gasteiger partial charge in [0, 0.05) is 11.4 Å². The number of carbonyl (C=O) groups excluding carboxylic acids is 2. The fraction of sp³-hybridized carbons (Fsp3) is 0.222. The highest BCUT2D eigenvalue weighted by atomic mass is 32.2. The molecule has 0 atom stereocenters. The topological polar surface area (TPSA) is 37.4 Å². The van der Waals surface area contributed by atoms with Gasteiger partial charge in [0.15, 0.2) is 0 Å². The Morgan fingerprint density at radius 2 is 1.48 bits per heavy atom. The number of halogens is 1. The van der Waals surface area contributed by atoms with Gasteiger partial charge in [-0.05, 0) is 42.9 Å². The van der Waals surface area contributed by atoms with E-state index in [-0.39, 0.29) is 17.6 Å². The number of hydrogen-bond donors (Lipinski definition) is 0. The molecule has 3 nitrogen and oxygen atoms in total. The molecule has 2 aromatic carbocycles. The van der Waals surface area contributed by atoms with Crippen LogP contribution in [0.3, 0.4) is 0 Å². The summed E-state index contributed by atoms with van der Waals surface area (Å²) in [5.41, 5.74) is 0.969. The van der Waals surface area contributed by atoms with Crippen molar-refractivity contribution in [2.45, 2.75) is 17.7 Å². The van der Waals surface area contributed by atoms with Crippen LogP contribution in [0, 0.1) is 5.82 Å². The van der Waals surface area contributed by atoms with Crippen molar-refractivity contribution >= 4 is 23.6 Å². The summed E-state index contributed by atoms with van der Waals surface area (Å²) in [5, 5.41) is 0. The number of thioether (sulfide) groups is 1. The zero-order valence-corrected chi connectivity index (χ0v) is 13.3. The van der Waals surface area contributed by atoms with Gasteiger partial charge in [0.25, 0.3) is 11.8 Å². The average molecular weight is 329 g/mol. The molecule has 2 amide bonds. The largest absolute Gasteiger partial charge is 0.274 e. The average Bonchev–Trinajstić information content (AvgIpc) is 2.81. The lowest BCUT2D eigenvalue weighted by molar-refractivity contribution is 0.0652. The van der Waals surface area contributed by atoms with E-state index in [4.69, 9.17) is 0 Å². The van der Waals surface area contributed by atoms with Crippen molar-refractivity contribution in [1.29, 1.82) is 0 Å². The van der Waals surface area contributed by atoms with E-state index in [0.717, 1.165) is 12.2 Å². The molecule has 0 fully saturated rings. The van der Waals surface area contributed by atoms with Crippen LogP contribution in [0.4, 0.5) is 4.39 Å². The summed E-state index contributed by atoms with van der Waals surface area (Å²) in [6, 6.07) is 13.6. The maximum Gasteiger partial charge on any atom is 0.261 e. The van der Waals surface area contributed by atoms with E-state index in [1.165, 1.54) is 22.7 Å². The Hall–Kier alpha value is -2.14. The minimum absolute atomic E-state index is 0.210. The number of amides is 2. The van der Waals surface area contributed by atoms with Crippen LogP contribution < -0.4 is 0 Å². The maximum atomic E-state index is 13.5. The molecule has 2 aromatic rings. The molecule has 0 aromatic heterocycles. The fourth-order valence-corrected chi connectivity index (χ4v) is 3.51. The standard InChI is InChI=1S/C18H16FNO2S/c19-15-9-3-4-10-16(15)23-12-6-5-11-20-17(21)13-7-1-2-8-14(13)18(20)22/h1-4,7-10H,5-6,11-12H2. The minimum atomic E-state index is -0.215. The van der Waals surface area contributed by atoms with E-state index < -0.39 is 0 Å². The number of benzene rings is 2. The summed E-state index contributed by atoms with van der Waals surface area (Å²) in [6.45, 7) is 0.407. The van der Waals surface area contributed by atoms with Crippen LogP contribution in [0.25, 0.3) is 0 Å². The first kappa shape index (κ1) is 15.7. The molecular weight excluding hydrogens is 313 g/mol. The second-order valence-electron chi connectivity index (χ2n) is 5.29. The number of imide groups is 1. The van der Waals surface area contributed by atoms with E-state index in [0.29, 0.717) is 29.0 Å². The van der Waals surface area contributed by atoms with Gasteiger partial charge in [-0.15, -0.1) is 11.8 Å². The van der Waals surface area contributed by atoms with Gasteiger partial charge in [-0.25, -0.2) is 4.39 Å². The Kier molecular flexibility index (Phi) is 4.76. The van der Waals surface area contributed by atoms with E-state index in [2.05, 4.69) is 0 Å². The Balaban J connectivity index is 1.48. The van der Waals surface area contributed by atoms with Crippen LogP contribution >= 0.6 is 11.8 Å². The van der Waals surface area contributed by atoms with E-state index in [9.17, 15) is 14.0 Å². The molecule has 118 valence electrons. The van der Waals surface area contributed by atoms with Crippen LogP contribution in [-0.4, -0.2) is 29.0 Å². The number of carbonyl (C=O) groups is 2. The normalized spacial score (nSPS) is 13.5. The van der Waals surface area contributed by atoms with Gasteiger partial charge < -0.3 is 0 Å². The van der Waals surface area contributed by atoms with Crippen molar-refractivity contribution in [2.24, 2.45) is 0 Å². The van der Waals surface area contributed by atoms with Gasteiger partial charge in [0.1, 0.15) is 5.82 Å². The van der Waals surface area contributed by atoms with E-state index in [1.807, 2.05) is 6.07 Å². The molecule has 0 radical (unpaired) electrons. The molecular formula is C18H16FNO2S. The van der Waals surface area contributed by atoms with Crippen molar-refractivity contribution in [3.8, 4) is 0 Å². The highest BCUT2D eigenvalue weighted by Gasteiger charge is 2.34. The Morgan fingerprint density at radius 1 is 0.870 bits per heavy atom. The molecule has 3 rings (SSSR count). The van der Waals surface area contributed by atoms with Gasteiger partial charge in [-0.2, -0.15) is 0 Å². The summed E-state index contributed by atoms with van der Waals surface area (Å²) < 4.78 is 13.5. The molecule has 0 N–H and O–H groups in total. The Labute approximate surface area is 138 Å². The van der Waals surface area contributed by atoms with Gasteiger partial charge in [0.05, 0.1) is 11.1 Å². The van der Waals surface area contributed by atoms with Crippen LogP contribution in [0.2, 0.25) is 0 Å². The molecule has 0 saturated carbocycles. The molecule has 0 saturated heterocycles. The molecule has 0 spiro atoms. The summed E-state index contributed by atoms with van der Waals surface area (Å²) in [6.07, 6.45) is 1.53. The van der Waals surface area contributed by atoms with Gasteiger partial charge >= 0.3 is 0 Å². The highest BCUT2D eigenvalue weighted by molar-refractivity contribution is 7.99.